The van der Waals surface area contributed by atoms with Gasteiger partial charge in [0.15, 0.2) is 0 Å². The fourth-order valence-corrected chi connectivity index (χ4v) is 2.35. The average Bonchev–Trinajstić information content (AvgIpc) is 2.48. The summed E-state index contributed by atoms with van der Waals surface area (Å²) in [6.07, 6.45) is 2.35. The van der Waals surface area contributed by atoms with Gasteiger partial charge in [-0.2, -0.15) is 5.10 Å². The van der Waals surface area contributed by atoms with Crippen molar-refractivity contribution < 1.29 is 9.53 Å². The van der Waals surface area contributed by atoms with Gasteiger partial charge in [0.1, 0.15) is 0 Å². The van der Waals surface area contributed by atoms with E-state index in [0.29, 0.717) is 0 Å². The van der Waals surface area contributed by atoms with Crippen LogP contribution in [0.1, 0.15) is 29.9 Å². The van der Waals surface area contributed by atoms with Gasteiger partial charge in [0, 0.05) is 16.7 Å². The lowest BCUT2D eigenvalue weighted by molar-refractivity contribution is 0.0515. The smallest absolute Gasteiger partial charge is 0.362 e. The summed E-state index contributed by atoms with van der Waals surface area (Å²) in [6, 6.07) is 7.08. The molecular formula is C15H15BrN2O3. The number of aryl methyl sites for hydroxylation is 1. The highest BCUT2D eigenvalue weighted by molar-refractivity contribution is 9.10. The summed E-state index contributed by atoms with van der Waals surface area (Å²) >= 11 is 3.43. The Labute approximate surface area is 130 Å². The first-order valence-corrected chi connectivity index (χ1v) is 7.42. The van der Waals surface area contributed by atoms with E-state index in [4.69, 9.17) is 4.74 Å². The van der Waals surface area contributed by atoms with Gasteiger partial charge in [-0.15, -0.1) is 0 Å². The average molecular weight is 351 g/mol. The molecule has 0 aliphatic rings. The second-order valence-corrected chi connectivity index (χ2v) is 5.24. The van der Waals surface area contributed by atoms with Crippen molar-refractivity contribution in [3.8, 4) is 5.69 Å². The summed E-state index contributed by atoms with van der Waals surface area (Å²) in [7, 11) is 0. The minimum absolute atomic E-state index is 0.202. The number of nitrogens with zero attached hydrogens (tertiary/aromatic N) is 2. The number of rotatable bonds is 4. The monoisotopic (exact) mass is 350 g/mol. The third-order valence-electron chi connectivity index (χ3n) is 2.95. The van der Waals surface area contributed by atoms with E-state index in [0.717, 1.165) is 22.1 Å². The van der Waals surface area contributed by atoms with Crippen molar-refractivity contribution in [1.82, 2.24) is 9.78 Å². The van der Waals surface area contributed by atoms with Crippen molar-refractivity contribution >= 4 is 21.9 Å². The molecular weight excluding hydrogens is 336 g/mol. The molecule has 0 aliphatic heterocycles. The first-order valence-electron chi connectivity index (χ1n) is 6.62. The molecule has 0 atom stereocenters. The number of carbonyl (C=O) groups excluding carboxylic acids is 1. The van der Waals surface area contributed by atoms with E-state index in [1.165, 1.54) is 10.7 Å². The van der Waals surface area contributed by atoms with Crippen molar-refractivity contribution in [1.29, 1.82) is 0 Å². The van der Waals surface area contributed by atoms with Crippen LogP contribution in [0.4, 0.5) is 0 Å². The molecule has 0 aliphatic carbocycles. The third-order valence-corrected chi connectivity index (χ3v) is 3.44. The number of hydrogen-bond donors (Lipinski definition) is 0. The molecule has 0 amide bonds. The number of halogens is 1. The highest BCUT2D eigenvalue weighted by Crippen LogP contribution is 2.19. The van der Waals surface area contributed by atoms with Gasteiger partial charge in [-0.25, -0.2) is 9.48 Å². The first-order chi connectivity index (χ1) is 10.1. The summed E-state index contributed by atoms with van der Waals surface area (Å²) in [5.74, 6) is -0.702. The Balaban J connectivity index is 2.53. The molecule has 2 aromatic rings. The highest BCUT2D eigenvalue weighted by atomic mass is 79.9. The van der Waals surface area contributed by atoms with E-state index in [1.54, 1.807) is 13.1 Å². The molecule has 1 aromatic carbocycles. The van der Waals surface area contributed by atoms with Crippen LogP contribution in [0.25, 0.3) is 5.69 Å². The van der Waals surface area contributed by atoms with Crippen LogP contribution < -0.4 is 5.43 Å². The number of aromatic nitrogens is 2. The van der Waals surface area contributed by atoms with E-state index in [9.17, 15) is 9.59 Å². The van der Waals surface area contributed by atoms with Crippen LogP contribution in [-0.2, 0) is 11.2 Å². The zero-order chi connectivity index (χ0) is 15.4. The minimum Gasteiger partial charge on any atom is -0.461 e. The molecule has 6 heteroatoms. The van der Waals surface area contributed by atoms with Crippen molar-refractivity contribution in [3.63, 3.8) is 0 Å². The van der Waals surface area contributed by atoms with E-state index < -0.39 is 11.4 Å². The Morgan fingerprint density at radius 2 is 2.10 bits per heavy atom. The number of benzene rings is 1. The van der Waals surface area contributed by atoms with Gasteiger partial charge in [0.2, 0.25) is 11.1 Å². The molecule has 0 spiro atoms. The molecule has 0 fully saturated rings. The maximum Gasteiger partial charge on any atom is 0.362 e. The number of esters is 1. The fourth-order valence-electron chi connectivity index (χ4n) is 1.94. The molecule has 1 heterocycles. The van der Waals surface area contributed by atoms with E-state index in [1.807, 2.05) is 25.1 Å². The second-order valence-electron chi connectivity index (χ2n) is 4.32. The van der Waals surface area contributed by atoms with Crippen LogP contribution in [0, 0.1) is 0 Å². The van der Waals surface area contributed by atoms with E-state index in [-0.39, 0.29) is 12.3 Å². The Morgan fingerprint density at radius 1 is 1.33 bits per heavy atom. The number of carbonyl (C=O) groups is 1. The molecule has 110 valence electrons. The summed E-state index contributed by atoms with van der Waals surface area (Å²) in [6.45, 7) is 3.91. The van der Waals surface area contributed by atoms with Crippen LogP contribution in [0.3, 0.4) is 0 Å². The van der Waals surface area contributed by atoms with Gasteiger partial charge in [0.05, 0.1) is 12.3 Å². The highest BCUT2D eigenvalue weighted by Gasteiger charge is 2.15. The van der Waals surface area contributed by atoms with Crippen LogP contribution in [-0.4, -0.2) is 22.4 Å². The molecule has 0 radical (unpaired) electrons. The summed E-state index contributed by atoms with van der Waals surface area (Å²) < 4.78 is 7.35. The molecule has 1 aromatic heterocycles. The summed E-state index contributed by atoms with van der Waals surface area (Å²) in [5.41, 5.74) is 1.23. The standard InChI is InChI=1S/C15H15BrN2O3/c1-3-10-9-11(16)5-6-12(10)18-8-7-13(19)14(17-18)15(20)21-4-2/h5-9H,3-4H2,1-2H3. The zero-order valence-corrected chi connectivity index (χ0v) is 13.4. The molecule has 0 saturated carbocycles. The molecule has 2 rings (SSSR count). The van der Waals surface area contributed by atoms with Crippen LogP contribution in [0.5, 0.6) is 0 Å². The lowest BCUT2D eigenvalue weighted by atomic mass is 10.1. The van der Waals surface area contributed by atoms with Crippen LogP contribution in [0.15, 0.2) is 39.7 Å². The van der Waals surface area contributed by atoms with Gasteiger partial charge in [-0.3, -0.25) is 4.79 Å². The number of hydrogen-bond acceptors (Lipinski definition) is 4. The Hall–Kier alpha value is -1.95. The van der Waals surface area contributed by atoms with Crippen LogP contribution in [0.2, 0.25) is 0 Å². The molecule has 0 saturated heterocycles. The summed E-state index contributed by atoms with van der Waals surface area (Å²) in [4.78, 5) is 23.5. The maximum atomic E-state index is 11.8. The lowest BCUT2D eigenvalue weighted by Gasteiger charge is -2.11. The predicted octanol–water partition coefficient (Wildman–Crippen LogP) is 2.73. The van der Waals surface area contributed by atoms with Crippen molar-refractivity contribution in [3.05, 3.63) is 56.4 Å². The molecule has 0 unspecified atom stereocenters. The van der Waals surface area contributed by atoms with Gasteiger partial charge < -0.3 is 4.74 Å². The third kappa shape index (κ3) is 3.39. The van der Waals surface area contributed by atoms with Gasteiger partial charge in [-0.1, -0.05) is 22.9 Å². The van der Waals surface area contributed by atoms with Gasteiger partial charge in [0.25, 0.3) is 0 Å². The molecule has 5 nitrogen and oxygen atoms in total. The Bertz CT molecular complexity index is 725. The number of ether oxygens (including phenoxy) is 1. The fraction of sp³-hybridized carbons (Fsp3) is 0.267. The zero-order valence-electron chi connectivity index (χ0n) is 11.8. The first kappa shape index (κ1) is 15.4. The minimum atomic E-state index is -0.702. The predicted molar refractivity (Wildman–Crippen MR) is 82.9 cm³/mol. The van der Waals surface area contributed by atoms with E-state index in [2.05, 4.69) is 21.0 Å². The van der Waals surface area contributed by atoms with Crippen molar-refractivity contribution in [2.75, 3.05) is 6.61 Å². The Morgan fingerprint density at radius 3 is 2.76 bits per heavy atom. The van der Waals surface area contributed by atoms with Crippen molar-refractivity contribution in [2.45, 2.75) is 20.3 Å². The molecule has 0 N–H and O–H groups in total. The largest absolute Gasteiger partial charge is 0.461 e. The lowest BCUT2D eigenvalue weighted by Crippen LogP contribution is -2.22. The van der Waals surface area contributed by atoms with Crippen LogP contribution >= 0.6 is 15.9 Å². The molecule has 21 heavy (non-hydrogen) atoms. The Kier molecular flexibility index (Phi) is 4.90. The second kappa shape index (κ2) is 6.67. The maximum absolute atomic E-state index is 11.8. The summed E-state index contributed by atoms with van der Waals surface area (Å²) in [5, 5.41) is 4.11. The quantitative estimate of drug-likeness (QED) is 0.795. The van der Waals surface area contributed by atoms with E-state index >= 15 is 0 Å². The van der Waals surface area contributed by atoms with Gasteiger partial charge in [-0.05, 0) is 37.1 Å². The topological polar surface area (TPSA) is 61.2 Å². The van der Waals surface area contributed by atoms with Gasteiger partial charge >= 0.3 is 5.97 Å². The SMILES string of the molecule is CCOC(=O)c1nn(-c2ccc(Br)cc2CC)ccc1=O. The molecule has 0 bridgehead atoms. The van der Waals surface area contributed by atoms with Crippen molar-refractivity contribution in [2.24, 2.45) is 0 Å². The normalized spacial score (nSPS) is 10.4.